The predicted octanol–water partition coefficient (Wildman–Crippen LogP) is 3.10. The minimum absolute atomic E-state index is 0.0766. The fourth-order valence-corrected chi connectivity index (χ4v) is 3.13. The van der Waals surface area contributed by atoms with Crippen molar-refractivity contribution in [3.8, 4) is 11.5 Å². The van der Waals surface area contributed by atoms with Gasteiger partial charge in [-0.1, -0.05) is 39.0 Å². The number of benzene rings is 2. The molecule has 0 aromatic heterocycles. The topological polar surface area (TPSA) is 99.0 Å². The molecule has 134 valence electrons. The van der Waals surface area contributed by atoms with Crippen LogP contribution in [0.1, 0.15) is 38.8 Å². The van der Waals surface area contributed by atoms with Crippen molar-refractivity contribution in [1.29, 1.82) is 0 Å². The van der Waals surface area contributed by atoms with Crippen LogP contribution in [-0.4, -0.2) is 24.3 Å². The van der Waals surface area contributed by atoms with E-state index in [2.05, 4.69) is 9.93 Å². The molecule has 0 saturated carbocycles. The van der Waals surface area contributed by atoms with Crippen molar-refractivity contribution in [2.45, 2.75) is 38.0 Å². The Labute approximate surface area is 147 Å². The number of phenols is 2. The summed E-state index contributed by atoms with van der Waals surface area (Å²) in [5, 5.41) is 23.4. The molecule has 0 fully saturated rings. The van der Waals surface area contributed by atoms with Crippen molar-refractivity contribution in [3.63, 3.8) is 0 Å². The summed E-state index contributed by atoms with van der Waals surface area (Å²) in [6.07, 6.45) is 0. The molecule has 2 rings (SSSR count). The number of hydrogen-bond acceptors (Lipinski definition) is 5. The van der Waals surface area contributed by atoms with Crippen LogP contribution in [-0.2, 0) is 15.4 Å². The zero-order valence-electron chi connectivity index (χ0n) is 14.6. The maximum absolute atomic E-state index is 12.4. The Bertz CT molecular complexity index is 875. The van der Waals surface area contributed by atoms with Crippen LogP contribution in [0, 0.1) is 0 Å². The smallest absolute Gasteiger partial charge is 0.276 e. The molecule has 0 bridgehead atoms. The van der Waals surface area contributed by atoms with Gasteiger partial charge < -0.3 is 10.2 Å². The second-order valence-electron chi connectivity index (χ2n) is 6.74. The van der Waals surface area contributed by atoms with E-state index in [1.165, 1.54) is 37.3 Å². The van der Waals surface area contributed by atoms with Gasteiger partial charge in [-0.25, -0.2) is 0 Å². The minimum Gasteiger partial charge on any atom is -0.507 e. The first-order valence-electron chi connectivity index (χ1n) is 7.70. The first kappa shape index (κ1) is 18.8. The third-order valence-electron chi connectivity index (χ3n) is 3.75. The Morgan fingerprint density at radius 2 is 1.52 bits per heavy atom. The first-order chi connectivity index (χ1) is 11.5. The Hall–Kier alpha value is -2.54. The second kappa shape index (κ2) is 6.76. The molecule has 25 heavy (non-hydrogen) atoms. The van der Waals surface area contributed by atoms with Crippen LogP contribution in [0.15, 0.2) is 52.5 Å². The van der Waals surface area contributed by atoms with Gasteiger partial charge >= 0.3 is 0 Å². The van der Waals surface area contributed by atoms with E-state index in [0.717, 1.165) is 5.56 Å². The summed E-state index contributed by atoms with van der Waals surface area (Å²) in [7, 11) is -3.85. The van der Waals surface area contributed by atoms with E-state index in [1.807, 2.05) is 20.8 Å². The van der Waals surface area contributed by atoms with Crippen LogP contribution in [0.5, 0.6) is 11.5 Å². The molecule has 0 saturated heterocycles. The largest absolute Gasteiger partial charge is 0.507 e. The lowest BCUT2D eigenvalue weighted by Crippen LogP contribution is -2.20. The van der Waals surface area contributed by atoms with Crippen LogP contribution >= 0.6 is 0 Å². The van der Waals surface area contributed by atoms with Gasteiger partial charge in [-0.05, 0) is 42.2 Å². The number of nitrogens with zero attached hydrogens (tertiary/aromatic N) is 1. The standard InChI is InChI=1S/C18H22N2O4S/c1-12(17-15(21)6-5-7-16(17)22)19-20-25(23,24)14-10-8-13(9-11-14)18(2,3)4/h5-11,20-22H,1-4H3/b19-12-. The van der Waals surface area contributed by atoms with Crippen molar-refractivity contribution in [2.24, 2.45) is 5.10 Å². The molecular weight excluding hydrogens is 340 g/mol. The fraction of sp³-hybridized carbons (Fsp3) is 0.278. The summed E-state index contributed by atoms with van der Waals surface area (Å²) >= 11 is 0. The molecule has 2 aromatic rings. The molecule has 3 N–H and O–H groups in total. The van der Waals surface area contributed by atoms with Crippen molar-refractivity contribution in [2.75, 3.05) is 0 Å². The van der Waals surface area contributed by atoms with Gasteiger partial charge in [-0.2, -0.15) is 18.4 Å². The number of rotatable bonds is 4. The molecule has 2 aromatic carbocycles. The third kappa shape index (κ3) is 4.30. The maximum atomic E-state index is 12.4. The van der Waals surface area contributed by atoms with Gasteiger partial charge in [0.05, 0.1) is 16.2 Å². The highest BCUT2D eigenvalue weighted by molar-refractivity contribution is 7.89. The van der Waals surface area contributed by atoms with Gasteiger partial charge in [0, 0.05) is 0 Å². The molecule has 0 aliphatic rings. The Kier molecular flexibility index (Phi) is 5.08. The summed E-state index contributed by atoms with van der Waals surface area (Å²) in [5.41, 5.74) is 1.16. The lowest BCUT2D eigenvalue weighted by molar-refractivity contribution is 0.448. The Balaban J connectivity index is 2.27. The zero-order chi connectivity index (χ0) is 18.8. The normalized spacial score (nSPS) is 12.9. The molecule has 0 heterocycles. The molecule has 0 unspecified atom stereocenters. The van der Waals surface area contributed by atoms with E-state index >= 15 is 0 Å². The molecular formula is C18H22N2O4S. The molecule has 0 aliphatic carbocycles. The van der Waals surface area contributed by atoms with Crippen molar-refractivity contribution in [1.82, 2.24) is 4.83 Å². The van der Waals surface area contributed by atoms with Gasteiger partial charge in [0.15, 0.2) is 0 Å². The van der Waals surface area contributed by atoms with Gasteiger partial charge in [0.25, 0.3) is 10.0 Å². The number of hydrogen-bond donors (Lipinski definition) is 3. The minimum atomic E-state index is -3.85. The average Bonchev–Trinajstić information content (AvgIpc) is 2.52. The zero-order valence-corrected chi connectivity index (χ0v) is 15.4. The monoisotopic (exact) mass is 362 g/mol. The lowest BCUT2D eigenvalue weighted by Gasteiger charge is -2.19. The van der Waals surface area contributed by atoms with E-state index in [0.29, 0.717) is 0 Å². The molecule has 0 radical (unpaired) electrons. The second-order valence-corrected chi connectivity index (χ2v) is 8.40. The van der Waals surface area contributed by atoms with Crippen molar-refractivity contribution < 1.29 is 18.6 Å². The average molecular weight is 362 g/mol. The van der Waals surface area contributed by atoms with E-state index < -0.39 is 10.0 Å². The van der Waals surface area contributed by atoms with Gasteiger partial charge in [0.2, 0.25) is 0 Å². The summed E-state index contributed by atoms with van der Waals surface area (Å²) in [5.74, 6) is -0.370. The fourth-order valence-electron chi connectivity index (χ4n) is 2.27. The summed E-state index contributed by atoms with van der Waals surface area (Å²) in [4.78, 5) is 2.21. The van der Waals surface area contributed by atoms with Crippen LogP contribution in [0.2, 0.25) is 0 Å². The molecule has 0 amide bonds. The summed E-state index contributed by atoms with van der Waals surface area (Å²) in [6.45, 7) is 7.61. The quantitative estimate of drug-likeness (QED) is 0.575. The third-order valence-corrected chi connectivity index (χ3v) is 4.97. The van der Waals surface area contributed by atoms with Crippen LogP contribution < -0.4 is 4.83 Å². The van der Waals surface area contributed by atoms with Gasteiger partial charge in [-0.3, -0.25) is 0 Å². The van der Waals surface area contributed by atoms with Gasteiger partial charge in [0.1, 0.15) is 11.5 Å². The number of phenolic OH excluding ortho intramolecular Hbond substituents is 2. The van der Waals surface area contributed by atoms with Crippen molar-refractivity contribution in [3.05, 3.63) is 53.6 Å². The summed E-state index contributed by atoms with van der Waals surface area (Å²) in [6, 6.07) is 10.8. The van der Waals surface area contributed by atoms with Gasteiger partial charge in [-0.15, -0.1) is 0 Å². The SMILES string of the molecule is C/C(=N/NS(=O)(=O)c1ccc(C(C)(C)C)cc1)c1c(O)cccc1O. The van der Waals surface area contributed by atoms with E-state index in [9.17, 15) is 18.6 Å². The van der Waals surface area contributed by atoms with E-state index in [1.54, 1.807) is 12.1 Å². The number of sulfonamides is 1. The molecule has 0 aliphatic heterocycles. The van der Waals surface area contributed by atoms with Crippen molar-refractivity contribution >= 4 is 15.7 Å². The van der Waals surface area contributed by atoms with E-state index in [-0.39, 0.29) is 33.1 Å². The number of nitrogens with one attached hydrogen (secondary N) is 1. The van der Waals surface area contributed by atoms with Crippen LogP contribution in [0.25, 0.3) is 0 Å². The Morgan fingerprint density at radius 3 is 2.00 bits per heavy atom. The van der Waals surface area contributed by atoms with Crippen LogP contribution in [0.4, 0.5) is 0 Å². The lowest BCUT2D eigenvalue weighted by atomic mass is 9.87. The van der Waals surface area contributed by atoms with Crippen LogP contribution in [0.3, 0.4) is 0 Å². The highest BCUT2D eigenvalue weighted by atomic mass is 32.2. The first-order valence-corrected chi connectivity index (χ1v) is 9.18. The molecule has 0 spiro atoms. The Morgan fingerprint density at radius 1 is 1.00 bits per heavy atom. The maximum Gasteiger partial charge on any atom is 0.276 e. The molecule has 6 nitrogen and oxygen atoms in total. The highest BCUT2D eigenvalue weighted by Crippen LogP contribution is 2.27. The number of hydrazone groups is 1. The molecule has 0 atom stereocenters. The molecule has 7 heteroatoms. The predicted molar refractivity (Wildman–Crippen MR) is 97.4 cm³/mol. The summed E-state index contributed by atoms with van der Waals surface area (Å²) < 4.78 is 24.7. The van der Waals surface area contributed by atoms with E-state index in [4.69, 9.17) is 0 Å². The number of aromatic hydroxyl groups is 2. The highest BCUT2D eigenvalue weighted by Gasteiger charge is 2.18.